The van der Waals surface area contributed by atoms with Crippen LogP contribution in [0.15, 0.2) is 0 Å². The Hall–Kier alpha value is -0.220. The molecule has 0 aliphatic rings. The van der Waals surface area contributed by atoms with Gasteiger partial charge in [0, 0.05) is 17.5 Å². The van der Waals surface area contributed by atoms with E-state index in [1.807, 2.05) is 6.92 Å². The highest BCUT2D eigenvalue weighted by atomic mass is 32.2. The van der Waals surface area contributed by atoms with Gasteiger partial charge in [-0.3, -0.25) is 4.79 Å². The summed E-state index contributed by atoms with van der Waals surface area (Å²) >= 11 is 1.62. The van der Waals surface area contributed by atoms with Gasteiger partial charge in [-0.1, -0.05) is 13.8 Å². The third kappa shape index (κ3) is 5.43. The molecular weight excluding hydrogens is 174 g/mol. The summed E-state index contributed by atoms with van der Waals surface area (Å²) in [4.78, 5) is 10.4. The Kier molecular flexibility index (Phi) is 6.20. The molecule has 0 aliphatic carbocycles. The van der Waals surface area contributed by atoms with Crippen LogP contribution in [0.25, 0.3) is 0 Å². The van der Waals surface area contributed by atoms with E-state index in [1.165, 1.54) is 0 Å². The number of thioether (sulfide) groups is 1. The Morgan fingerprint density at radius 3 is 2.58 bits per heavy atom. The van der Waals surface area contributed by atoms with E-state index in [2.05, 4.69) is 0 Å². The fourth-order valence-electron chi connectivity index (χ4n) is 0.585. The lowest BCUT2D eigenvalue weighted by Gasteiger charge is -2.09. The lowest BCUT2D eigenvalue weighted by molar-refractivity contribution is -0.140. The Morgan fingerprint density at radius 2 is 2.17 bits per heavy atom. The van der Waals surface area contributed by atoms with E-state index in [0.717, 1.165) is 12.2 Å². The Morgan fingerprint density at radius 1 is 1.58 bits per heavy atom. The summed E-state index contributed by atoms with van der Waals surface area (Å²) in [5.41, 5.74) is 5.67. The van der Waals surface area contributed by atoms with Crippen molar-refractivity contribution in [2.45, 2.75) is 26.3 Å². The molecule has 0 bridgehead atoms. The molecule has 0 fully saturated rings. The Labute approximate surface area is 77.7 Å². The van der Waals surface area contributed by atoms with Crippen molar-refractivity contribution < 1.29 is 9.90 Å². The molecule has 0 aromatic carbocycles. The lowest BCUT2D eigenvalue weighted by Crippen LogP contribution is -2.22. The molecule has 0 amide bonds. The van der Waals surface area contributed by atoms with Crippen molar-refractivity contribution >= 4 is 17.7 Å². The molecule has 3 nitrogen and oxygen atoms in total. The highest BCUT2D eigenvalue weighted by molar-refractivity contribution is 7.99. The minimum Gasteiger partial charge on any atom is -0.481 e. The van der Waals surface area contributed by atoms with Crippen LogP contribution < -0.4 is 5.73 Å². The van der Waals surface area contributed by atoms with Gasteiger partial charge in [-0.15, -0.1) is 0 Å². The molecule has 0 rings (SSSR count). The summed E-state index contributed by atoms with van der Waals surface area (Å²) in [6, 6.07) is 0.205. The van der Waals surface area contributed by atoms with Gasteiger partial charge in [-0.2, -0.15) is 11.8 Å². The van der Waals surface area contributed by atoms with Gasteiger partial charge in [-0.05, 0) is 6.42 Å². The predicted octanol–water partition coefficient (Wildman–Crippen LogP) is 1.18. The summed E-state index contributed by atoms with van der Waals surface area (Å²) < 4.78 is 0. The van der Waals surface area contributed by atoms with E-state index in [-0.39, 0.29) is 12.0 Å². The number of carboxylic acid groups (broad SMARTS) is 1. The first kappa shape index (κ1) is 11.8. The van der Waals surface area contributed by atoms with Gasteiger partial charge in [-0.25, -0.2) is 0 Å². The largest absolute Gasteiger partial charge is 0.481 e. The standard InChI is InChI=1S/C8H17NO2S/c1-3-7(9)5-12-4-6(2)8(10)11/h6-7H,3-5,9H2,1-2H3,(H,10,11). The van der Waals surface area contributed by atoms with Crippen LogP contribution >= 0.6 is 11.8 Å². The van der Waals surface area contributed by atoms with Crippen LogP contribution in [-0.2, 0) is 4.79 Å². The minimum absolute atomic E-state index is 0.205. The van der Waals surface area contributed by atoms with Crippen molar-refractivity contribution in [1.29, 1.82) is 0 Å². The summed E-state index contributed by atoms with van der Waals surface area (Å²) in [5.74, 6) is 0.517. The summed E-state index contributed by atoms with van der Waals surface area (Å²) in [6.45, 7) is 3.75. The number of rotatable bonds is 6. The molecule has 0 aliphatic heterocycles. The van der Waals surface area contributed by atoms with E-state index in [0.29, 0.717) is 5.75 Å². The molecule has 0 saturated carbocycles. The van der Waals surface area contributed by atoms with E-state index in [9.17, 15) is 4.79 Å². The maximum atomic E-state index is 10.4. The number of carboxylic acids is 1. The van der Waals surface area contributed by atoms with Crippen molar-refractivity contribution in [2.75, 3.05) is 11.5 Å². The quantitative estimate of drug-likeness (QED) is 0.661. The molecule has 12 heavy (non-hydrogen) atoms. The molecule has 72 valence electrons. The SMILES string of the molecule is CCC(N)CSCC(C)C(=O)O. The van der Waals surface area contributed by atoms with Crippen LogP contribution in [-0.4, -0.2) is 28.6 Å². The summed E-state index contributed by atoms with van der Waals surface area (Å²) in [6.07, 6.45) is 0.953. The van der Waals surface area contributed by atoms with E-state index in [4.69, 9.17) is 10.8 Å². The van der Waals surface area contributed by atoms with Crippen LogP contribution in [0.1, 0.15) is 20.3 Å². The van der Waals surface area contributed by atoms with E-state index in [1.54, 1.807) is 18.7 Å². The van der Waals surface area contributed by atoms with Gasteiger partial charge in [0.2, 0.25) is 0 Å². The van der Waals surface area contributed by atoms with Gasteiger partial charge in [0.15, 0.2) is 0 Å². The number of nitrogens with two attached hydrogens (primary N) is 1. The summed E-state index contributed by atoms with van der Waals surface area (Å²) in [5, 5.41) is 8.56. The maximum absolute atomic E-state index is 10.4. The average Bonchev–Trinajstić information content (AvgIpc) is 2.03. The molecule has 0 spiro atoms. The third-order valence-electron chi connectivity index (χ3n) is 1.65. The number of hydrogen-bond donors (Lipinski definition) is 2. The van der Waals surface area contributed by atoms with Crippen molar-refractivity contribution in [3.63, 3.8) is 0 Å². The molecule has 2 unspecified atom stereocenters. The number of hydrogen-bond acceptors (Lipinski definition) is 3. The van der Waals surface area contributed by atoms with Gasteiger partial charge in [0.25, 0.3) is 0 Å². The van der Waals surface area contributed by atoms with E-state index < -0.39 is 5.97 Å². The second-order valence-corrected chi connectivity index (χ2v) is 4.02. The second kappa shape index (κ2) is 6.31. The molecule has 0 aromatic rings. The third-order valence-corrected chi connectivity index (χ3v) is 3.05. The average molecular weight is 191 g/mol. The van der Waals surface area contributed by atoms with Crippen LogP contribution in [0.3, 0.4) is 0 Å². The lowest BCUT2D eigenvalue weighted by atomic mass is 10.2. The van der Waals surface area contributed by atoms with Crippen molar-refractivity contribution in [1.82, 2.24) is 0 Å². The zero-order valence-electron chi connectivity index (χ0n) is 7.62. The molecule has 0 saturated heterocycles. The molecule has 2 atom stereocenters. The topological polar surface area (TPSA) is 63.3 Å². The molecule has 0 heterocycles. The van der Waals surface area contributed by atoms with Crippen LogP contribution in [0, 0.1) is 5.92 Å². The Bertz CT molecular complexity index is 141. The molecule has 0 aromatic heterocycles. The molecule has 4 heteroatoms. The monoisotopic (exact) mass is 191 g/mol. The smallest absolute Gasteiger partial charge is 0.307 e. The minimum atomic E-state index is -0.729. The maximum Gasteiger partial charge on any atom is 0.307 e. The molecule has 0 radical (unpaired) electrons. The second-order valence-electron chi connectivity index (χ2n) is 2.95. The van der Waals surface area contributed by atoms with Crippen LogP contribution in [0.2, 0.25) is 0 Å². The van der Waals surface area contributed by atoms with Gasteiger partial charge in [0.05, 0.1) is 5.92 Å². The predicted molar refractivity (Wildman–Crippen MR) is 52.4 cm³/mol. The van der Waals surface area contributed by atoms with Crippen molar-refractivity contribution in [3.8, 4) is 0 Å². The van der Waals surface area contributed by atoms with Gasteiger partial charge >= 0.3 is 5.97 Å². The fourth-order valence-corrected chi connectivity index (χ4v) is 1.76. The normalized spacial score (nSPS) is 15.6. The highest BCUT2D eigenvalue weighted by Crippen LogP contribution is 2.09. The van der Waals surface area contributed by atoms with Crippen LogP contribution in [0.5, 0.6) is 0 Å². The first-order chi connectivity index (χ1) is 5.57. The van der Waals surface area contributed by atoms with Gasteiger partial charge < -0.3 is 10.8 Å². The first-order valence-electron chi connectivity index (χ1n) is 4.14. The van der Waals surface area contributed by atoms with Crippen LogP contribution in [0.4, 0.5) is 0 Å². The highest BCUT2D eigenvalue weighted by Gasteiger charge is 2.10. The molecule has 3 N–H and O–H groups in total. The molecular formula is C8H17NO2S. The zero-order chi connectivity index (χ0) is 9.56. The summed E-state index contributed by atoms with van der Waals surface area (Å²) in [7, 11) is 0. The van der Waals surface area contributed by atoms with E-state index >= 15 is 0 Å². The zero-order valence-corrected chi connectivity index (χ0v) is 8.43. The van der Waals surface area contributed by atoms with Gasteiger partial charge in [0.1, 0.15) is 0 Å². The number of aliphatic carboxylic acids is 1. The van der Waals surface area contributed by atoms with Crippen molar-refractivity contribution in [3.05, 3.63) is 0 Å². The fraction of sp³-hybridized carbons (Fsp3) is 0.875. The van der Waals surface area contributed by atoms with Crippen molar-refractivity contribution in [2.24, 2.45) is 11.7 Å². The Balaban J connectivity index is 3.37. The number of carbonyl (C=O) groups is 1. The first-order valence-corrected chi connectivity index (χ1v) is 5.29.